The lowest BCUT2D eigenvalue weighted by Gasteiger charge is -2.06. The number of rotatable bonds is 3. The number of anilines is 1. The molecule has 0 aliphatic heterocycles. The monoisotopic (exact) mass is 277 g/mol. The first-order valence-electron chi connectivity index (χ1n) is 7.16. The number of carbonyl (C=O) groups is 1. The predicted molar refractivity (Wildman–Crippen MR) is 82.9 cm³/mol. The topological polar surface area (TPSA) is 57.8 Å². The maximum atomic E-state index is 12.0. The molecule has 0 bridgehead atoms. The minimum absolute atomic E-state index is 0.0752. The Bertz CT molecular complexity index is 803. The first kappa shape index (κ1) is 12.1. The highest BCUT2D eigenvalue weighted by Gasteiger charge is 2.30. The lowest BCUT2D eigenvalue weighted by atomic mass is 10.0. The highest BCUT2D eigenvalue weighted by atomic mass is 16.2. The molecule has 1 saturated carbocycles. The van der Waals surface area contributed by atoms with Gasteiger partial charge in [-0.15, -0.1) is 0 Å². The van der Waals surface area contributed by atoms with Gasteiger partial charge in [-0.2, -0.15) is 5.10 Å². The Morgan fingerprint density at radius 3 is 2.67 bits per heavy atom. The van der Waals surface area contributed by atoms with Gasteiger partial charge < -0.3 is 5.32 Å². The van der Waals surface area contributed by atoms with Gasteiger partial charge in [0.05, 0.1) is 10.9 Å². The van der Waals surface area contributed by atoms with E-state index in [4.69, 9.17) is 0 Å². The molecule has 21 heavy (non-hydrogen) atoms. The normalized spacial score (nSPS) is 14.3. The summed E-state index contributed by atoms with van der Waals surface area (Å²) in [6, 6.07) is 16.2. The number of amides is 1. The van der Waals surface area contributed by atoms with Crippen LogP contribution in [-0.2, 0) is 4.79 Å². The fraction of sp³-hybridized carbons (Fsp3) is 0.176. The van der Waals surface area contributed by atoms with Crippen molar-refractivity contribution in [2.75, 3.05) is 5.32 Å². The summed E-state index contributed by atoms with van der Waals surface area (Å²) in [5, 5.41) is 11.2. The Kier molecular flexibility index (Phi) is 2.74. The number of aromatic nitrogens is 2. The molecule has 0 radical (unpaired) electrons. The molecule has 4 heteroatoms. The third-order valence-corrected chi connectivity index (χ3v) is 3.86. The van der Waals surface area contributed by atoms with Crippen LogP contribution >= 0.6 is 0 Å². The molecule has 0 saturated heterocycles. The predicted octanol–water partition coefficient (Wildman–Crippen LogP) is 3.58. The number of hydrogen-bond acceptors (Lipinski definition) is 2. The molecule has 2 aromatic carbocycles. The van der Waals surface area contributed by atoms with E-state index in [1.807, 2.05) is 30.3 Å². The molecule has 1 aliphatic rings. The van der Waals surface area contributed by atoms with Gasteiger partial charge in [-0.1, -0.05) is 42.5 Å². The summed E-state index contributed by atoms with van der Waals surface area (Å²) in [6.45, 7) is 0. The molecule has 1 aliphatic carbocycles. The number of nitrogens with one attached hydrogen (secondary N) is 2. The van der Waals surface area contributed by atoms with Crippen LogP contribution < -0.4 is 5.32 Å². The Hall–Kier alpha value is -2.62. The highest BCUT2D eigenvalue weighted by Crippen LogP contribution is 2.34. The molecule has 1 aromatic heterocycles. The third-order valence-electron chi connectivity index (χ3n) is 3.86. The van der Waals surface area contributed by atoms with Crippen LogP contribution in [0, 0.1) is 5.92 Å². The van der Waals surface area contributed by atoms with Crippen LogP contribution in [-0.4, -0.2) is 16.1 Å². The van der Waals surface area contributed by atoms with Crippen LogP contribution in [0.3, 0.4) is 0 Å². The van der Waals surface area contributed by atoms with Crippen molar-refractivity contribution < 1.29 is 4.79 Å². The van der Waals surface area contributed by atoms with Crippen LogP contribution in [0.25, 0.3) is 22.0 Å². The van der Waals surface area contributed by atoms with E-state index in [1.165, 1.54) is 0 Å². The lowest BCUT2D eigenvalue weighted by molar-refractivity contribution is -0.117. The van der Waals surface area contributed by atoms with E-state index in [2.05, 4.69) is 33.7 Å². The second kappa shape index (κ2) is 4.74. The smallest absolute Gasteiger partial charge is 0.228 e. The molecule has 1 fully saturated rings. The van der Waals surface area contributed by atoms with Crippen LogP contribution in [0.4, 0.5) is 5.82 Å². The molecule has 104 valence electrons. The second-order valence-corrected chi connectivity index (χ2v) is 5.43. The van der Waals surface area contributed by atoms with Gasteiger partial charge in [-0.25, -0.2) is 0 Å². The molecule has 1 heterocycles. The Labute approximate surface area is 122 Å². The van der Waals surface area contributed by atoms with E-state index in [-0.39, 0.29) is 11.8 Å². The summed E-state index contributed by atoms with van der Waals surface area (Å²) in [6.07, 6.45) is 1.97. The maximum absolute atomic E-state index is 12.0. The van der Waals surface area contributed by atoms with Crippen molar-refractivity contribution in [1.82, 2.24) is 10.2 Å². The summed E-state index contributed by atoms with van der Waals surface area (Å²) in [4.78, 5) is 12.0. The zero-order chi connectivity index (χ0) is 14.2. The summed E-state index contributed by atoms with van der Waals surface area (Å²) in [5.74, 6) is 0.869. The number of hydrogen-bond donors (Lipinski definition) is 2. The van der Waals surface area contributed by atoms with Crippen molar-refractivity contribution in [1.29, 1.82) is 0 Å². The van der Waals surface area contributed by atoms with Crippen LogP contribution in [0.1, 0.15) is 12.8 Å². The summed E-state index contributed by atoms with van der Waals surface area (Å²) >= 11 is 0. The molecule has 0 spiro atoms. The van der Waals surface area contributed by atoms with Crippen LogP contribution in [0.15, 0.2) is 48.5 Å². The molecule has 4 rings (SSSR count). The average molecular weight is 277 g/mol. The first-order chi connectivity index (χ1) is 10.3. The van der Waals surface area contributed by atoms with E-state index in [1.54, 1.807) is 0 Å². The molecule has 2 N–H and O–H groups in total. The van der Waals surface area contributed by atoms with Gasteiger partial charge in [-0.05, 0) is 30.0 Å². The Morgan fingerprint density at radius 2 is 1.90 bits per heavy atom. The minimum Gasteiger partial charge on any atom is -0.308 e. The van der Waals surface area contributed by atoms with Crippen molar-refractivity contribution >= 4 is 22.6 Å². The summed E-state index contributed by atoms with van der Waals surface area (Å²) in [7, 11) is 0. The Morgan fingerprint density at radius 1 is 1.10 bits per heavy atom. The number of fused-ring (bicyclic) bond motifs is 1. The fourth-order valence-electron chi connectivity index (χ4n) is 2.59. The van der Waals surface area contributed by atoms with Crippen LogP contribution in [0.2, 0.25) is 0 Å². The number of nitrogens with zero attached hydrogens (tertiary/aromatic N) is 1. The van der Waals surface area contributed by atoms with Gasteiger partial charge >= 0.3 is 0 Å². The zero-order valence-electron chi connectivity index (χ0n) is 11.5. The third kappa shape index (κ3) is 2.18. The fourth-order valence-corrected chi connectivity index (χ4v) is 2.59. The largest absolute Gasteiger partial charge is 0.308 e. The van der Waals surface area contributed by atoms with Crippen molar-refractivity contribution in [2.45, 2.75) is 12.8 Å². The maximum Gasteiger partial charge on any atom is 0.228 e. The molecule has 0 unspecified atom stereocenters. The van der Waals surface area contributed by atoms with E-state index in [0.717, 1.165) is 34.9 Å². The van der Waals surface area contributed by atoms with Crippen LogP contribution in [0.5, 0.6) is 0 Å². The second-order valence-electron chi connectivity index (χ2n) is 5.43. The van der Waals surface area contributed by atoms with Gasteiger partial charge in [-0.3, -0.25) is 9.89 Å². The van der Waals surface area contributed by atoms with E-state index in [9.17, 15) is 4.79 Å². The standard InChI is InChI=1S/C17H15N3O/c21-17(12-9-10-12)18-16-15-13(11-5-2-1-3-6-11)7-4-8-14(15)19-20-16/h1-8,12H,9-10H2,(H2,18,19,20,21). The van der Waals surface area contributed by atoms with Gasteiger partial charge in [0, 0.05) is 5.92 Å². The number of benzene rings is 2. The van der Waals surface area contributed by atoms with E-state index < -0.39 is 0 Å². The van der Waals surface area contributed by atoms with E-state index in [0.29, 0.717) is 5.82 Å². The Balaban J connectivity index is 1.83. The van der Waals surface area contributed by atoms with E-state index >= 15 is 0 Å². The molecular formula is C17H15N3O. The van der Waals surface area contributed by atoms with Gasteiger partial charge in [0.1, 0.15) is 0 Å². The summed E-state index contributed by atoms with van der Waals surface area (Å²) < 4.78 is 0. The van der Waals surface area contributed by atoms with Crippen molar-refractivity contribution in [3.63, 3.8) is 0 Å². The first-order valence-corrected chi connectivity index (χ1v) is 7.16. The SMILES string of the molecule is O=C(Nc1n[nH]c2cccc(-c3ccccc3)c12)C1CC1. The van der Waals surface area contributed by atoms with Crippen molar-refractivity contribution in [3.05, 3.63) is 48.5 Å². The van der Waals surface area contributed by atoms with Gasteiger partial charge in [0.25, 0.3) is 0 Å². The molecule has 3 aromatic rings. The van der Waals surface area contributed by atoms with Gasteiger partial charge in [0.2, 0.25) is 5.91 Å². The number of H-pyrrole nitrogens is 1. The van der Waals surface area contributed by atoms with Crippen molar-refractivity contribution in [2.24, 2.45) is 5.92 Å². The summed E-state index contributed by atoms with van der Waals surface area (Å²) in [5.41, 5.74) is 3.13. The average Bonchev–Trinajstić information content (AvgIpc) is 3.31. The van der Waals surface area contributed by atoms with Gasteiger partial charge in [0.15, 0.2) is 5.82 Å². The molecule has 0 atom stereocenters. The number of aromatic amines is 1. The molecule has 4 nitrogen and oxygen atoms in total. The minimum atomic E-state index is 0.0752. The lowest BCUT2D eigenvalue weighted by Crippen LogP contribution is -2.13. The zero-order valence-corrected chi connectivity index (χ0v) is 11.5. The highest BCUT2D eigenvalue weighted by molar-refractivity contribution is 6.07. The molecular weight excluding hydrogens is 262 g/mol. The number of carbonyl (C=O) groups excluding carboxylic acids is 1. The molecule has 1 amide bonds. The quantitative estimate of drug-likeness (QED) is 0.768. The van der Waals surface area contributed by atoms with Crippen molar-refractivity contribution in [3.8, 4) is 11.1 Å².